The number of nitriles is 1. The number of rotatable bonds is 7. The van der Waals surface area contributed by atoms with Gasteiger partial charge in [0.15, 0.2) is 17.5 Å². The Hall–Kier alpha value is -3.98. The molecule has 0 saturated carbocycles. The summed E-state index contributed by atoms with van der Waals surface area (Å²) in [6, 6.07) is 25.4. The second-order valence-corrected chi connectivity index (χ2v) is 7.43. The van der Waals surface area contributed by atoms with Crippen LogP contribution in [-0.2, 0) is 0 Å². The number of benzene rings is 3. The van der Waals surface area contributed by atoms with Crippen molar-refractivity contribution in [2.45, 2.75) is 18.5 Å². The van der Waals surface area contributed by atoms with Gasteiger partial charge in [0, 0.05) is 6.42 Å². The molecule has 6 nitrogen and oxygen atoms in total. The third kappa shape index (κ3) is 4.10. The summed E-state index contributed by atoms with van der Waals surface area (Å²) in [4.78, 5) is 0. The highest BCUT2D eigenvalue weighted by Gasteiger charge is 2.35. The van der Waals surface area contributed by atoms with Crippen LogP contribution in [0.4, 0.5) is 0 Å². The van der Waals surface area contributed by atoms with Gasteiger partial charge in [-0.15, -0.1) is 0 Å². The molecule has 0 fully saturated rings. The van der Waals surface area contributed by atoms with E-state index in [0.717, 1.165) is 28.2 Å². The third-order valence-corrected chi connectivity index (χ3v) is 5.66. The SMILES string of the molecule is COc1ccc(C2=NN([C@@H](C#N)c3ccc(OC)c(OC)c3)[C@@H](c3ccccc3)C2)cc1. The molecule has 0 bridgehead atoms. The summed E-state index contributed by atoms with van der Waals surface area (Å²) < 4.78 is 16.1. The Morgan fingerprint density at radius 3 is 2.25 bits per heavy atom. The number of ether oxygens (including phenoxy) is 3. The van der Waals surface area contributed by atoms with E-state index in [1.165, 1.54) is 0 Å². The first-order chi connectivity index (χ1) is 15.7. The van der Waals surface area contributed by atoms with Crippen molar-refractivity contribution in [2.24, 2.45) is 5.10 Å². The summed E-state index contributed by atoms with van der Waals surface area (Å²) in [5.41, 5.74) is 3.85. The summed E-state index contributed by atoms with van der Waals surface area (Å²) in [7, 11) is 4.83. The number of hydrogen-bond donors (Lipinski definition) is 0. The van der Waals surface area contributed by atoms with Gasteiger partial charge in [0.2, 0.25) is 0 Å². The molecule has 0 radical (unpaired) electrons. The second kappa shape index (κ2) is 9.44. The van der Waals surface area contributed by atoms with E-state index in [0.29, 0.717) is 17.9 Å². The molecule has 1 aliphatic heterocycles. The fourth-order valence-corrected chi connectivity index (χ4v) is 3.98. The number of hydrazone groups is 1. The van der Waals surface area contributed by atoms with Gasteiger partial charge in [-0.05, 0) is 53.1 Å². The summed E-state index contributed by atoms with van der Waals surface area (Å²) >= 11 is 0. The van der Waals surface area contributed by atoms with Gasteiger partial charge < -0.3 is 14.2 Å². The first kappa shape index (κ1) is 21.3. The highest BCUT2D eigenvalue weighted by atomic mass is 16.5. The van der Waals surface area contributed by atoms with Crippen molar-refractivity contribution < 1.29 is 14.2 Å². The van der Waals surface area contributed by atoms with Crippen molar-refractivity contribution in [3.8, 4) is 23.3 Å². The largest absolute Gasteiger partial charge is 0.497 e. The van der Waals surface area contributed by atoms with Crippen molar-refractivity contribution in [3.05, 3.63) is 89.5 Å². The van der Waals surface area contributed by atoms with Crippen molar-refractivity contribution in [1.29, 1.82) is 5.26 Å². The zero-order valence-electron chi connectivity index (χ0n) is 18.4. The van der Waals surface area contributed by atoms with Gasteiger partial charge in [-0.3, -0.25) is 5.01 Å². The zero-order chi connectivity index (χ0) is 22.5. The van der Waals surface area contributed by atoms with Crippen LogP contribution < -0.4 is 14.2 Å². The van der Waals surface area contributed by atoms with Crippen LogP contribution in [-0.4, -0.2) is 32.0 Å². The molecule has 3 aromatic rings. The lowest BCUT2D eigenvalue weighted by Crippen LogP contribution is -2.24. The van der Waals surface area contributed by atoms with Gasteiger partial charge in [0.25, 0.3) is 0 Å². The molecular weight excluding hydrogens is 402 g/mol. The van der Waals surface area contributed by atoms with E-state index in [2.05, 4.69) is 18.2 Å². The van der Waals surface area contributed by atoms with E-state index < -0.39 is 6.04 Å². The Morgan fingerprint density at radius 2 is 1.62 bits per heavy atom. The van der Waals surface area contributed by atoms with Crippen molar-refractivity contribution in [3.63, 3.8) is 0 Å². The molecule has 162 valence electrons. The molecule has 0 unspecified atom stereocenters. The first-order valence-electron chi connectivity index (χ1n) is 10.3. The van der Waals surface area contributed by atoms with Crippen LogP contribution in [0.15, 0.2) is 77.9 Å². The Morgan fingerprint density at radius 1 is 0.906 bits per heavy atom. The Labute approximate surface area is 188 Å². The highest BCUT2D eigenvalue weighted by Crippen LogP contribution is 2.40. The molecule has 1 heterocycles. The van der Waals surface area contributed by atoms with Crippen LogP contribution in [0, 0.1) is 11.3 Å². The van der Waals surface area contributed by atoms with Gasteiger partial charge in [-0.1, -0.05) is 36.4 Å². The topological polar surface area (TPSA) is 67.1 Å². The molecule has 0 saturated heterocycles. The minimum Gasteiger partial charge on any atom is -0.497 e. The number of nitrogens with zero attached hydrogens (tertiary/aromatic N) is 3. The Kier molecular flexibility index (Phi) is 6.27. The summed E-state index contributed by atoms with van der Waals surface area (Å²) in [6.07, 6.45) is 0.696. The summed E-state index contributed by atoms with van der Waals surface area (Å²) in [5.74, 6) is 2.00. The standard InChI is InChI=1S/C26H25N3O3/c1-30-21-12-9-18(10-13-21)22-16-23(19-7-5-4-6-8-19)29(28-22)24(17-27)20-11-14-25(31-2)26(15-20)32-3/h4-15,23-24H,16H2,1-3H3/t23-,24+/m1/s1. The number of methoxy groups -OCH3 is 3. The van der Waals surface area contributed by atoms with Crippen LogP contribution in [0.5, 0.6) is 17.2 Å². The van der Waals surface area contributed by atoms with Gasteiger partial charge in [0.1, 0.15) is 5.75 Å². The molecule has 0 amide bonds. The third-order valence-electron chi connectivity index (χ3n) is 5.66. The molecule has 0 N–H and O–H groups in total. The van der Waals surface area contributed by atoms with Crippen molar-refractivity contribution >= 4 is 5.71 Å². The predicted octanol–water partition coefficient (Wildman–Crippen LogP) is 5.13. The Balaban J connectivity index is 1.75. The molecule has 3 aromatic carbocycles. The Bertz CT molecular complexity index is 1140. The minimum absolute atomic E-state index is 0.0638. The maximum Gasteiger partial charge on any atom is 0.161 e. The van der Waals surface area contributed by atoms with E-state index in [-0.39, 0.29) is 6.04 Å². The molecule has 32 heavy (non-hydrogen) atoms. The molecule has 1 aliphatic rings. The van der Waals surface area contributed by atoms with Gasteiger partial charge in [-0.2, -0.15) is 10.4 Å². The lowest BCUT2D eigenvalue weighted by molar-refractivity contribution is 0.196. The monoisotopic (exact) mass is 427 g/mol. The van der Waals surface area contributed by atoms with Crippen molar-refractivity contribution in [2.75, 3.05) is 21.3 Å². The highest BCUT2D eigenvalue weighted by molar-refractivity contribution is 6.02. The fraction of sp³-hybridized carbons (Fsp3) is 0.231. The predicted molar refractivity (Wildman–Crippen MR) is 123 cm³/mol. The minimum atomic E-state index is -0.587. The van der Waals surface area contributed by atoms with Crippen molar-refractivity contribution in [1.82, 2.24) is 5.01 Å². The molecular formula is C26H25N3O3. The average Bonchev–Trinajstić information content (AvgIpc) is 3.30. The van der Waals surface area contributed by atoms with E-state index in [9.17, 15) is 5.26 Å². The maximum atomic E-state index is 10.2. The maximum absolute atomic E-state index is 10.2. The van der Waals surface area contributed by atoms with Gasteiger partial charge in [0.05, 0.1) is 39.2 Å². The molecule has 4 rings (SSSR count). The molecule has 0 aromatic heterocycles. The van der Waals surface area contributed by atoms with Gasteiger partial charge >= 0.3 is 0 Å². The van der Waals surface area contributed by atoms with Gasteiger partial charge in [-0.25, -0.2) is 0 Å². The smallest absolute Gasteiger partial charge is 0.161 e. The van der Waals surface area contributed by atoms with E-state index in [4.69, 9.17) is 19.3 Å². The summed E-state index contributed by atoms with van der Waals surface area (Å²) in [5, 5.41) is 17.0. The molecule has 0 spiro atoms. The first-order valence-corrected chi connectivity index (χ1v) is 10.3. The lowest BCUT2D eigenvalue weighted by atomic mass is 9.96. The fourth-order valence-electron chi connectivity index (χ4n) is 3.98. The normalized spacial score (nSPS) is 16.1. The van der Waals surface area contributed by atoms with Crippen LogP contribution in [0.2, 0.25) is 0 Å². The average molecular weight is 428 g/mol. The van der Waals surface area contributed by atoms with E-state index >= 15 is 0 Å². The van der Waals surface area contributed by atoms with E-state index in [1.54, 1.807) is 21.3 Å². The quantitative estimate of drug-likeness (QED) is 0.523. The molecule has 6 heteroatoms. The van der Waals surface area contributed by atoms with Crippen LogP contribution >= 0.6 is 0 Å². The van der Waals surface area contributed by atoms with Crippen LogP contribution in [0.25, 0.3) is 0 Å². The van der Waals surface area contributed by atoms with E-state index in [1.807, 2.05) is 65.7 Å². The summed E-state index contributed by atoms with van der Waals surface area (Å²) in [6.45, 7) is 0. The molecule has 2 atom stereocenters. The van der Waals surface area contributed by atoms with Crippen LogP contribution in [0.1, 0.15) is 35.2 Å². The lowest BCUT2D eigenvalue weighted by Gasteiger charge is -2.28. The second-order valence-electron chi connectivity index (χ2n) is 7.43. The van der Waals surface area contributed by atoms with Crippen LogP contribution in [0.3, 0.4) is 0 Å². The number of hydrogen-bond acceptors (Lipinski definition) is 6. The molecule has 0 aliphatic carbocycles. The zero-order valence-corrected chi connectivity index (χ0v) is 18.4.